The van der Waals surface area contributed by atoms with Crippen LogP contribution in [0, 0.1) is 10.1 Å². The number of nitro benzene ring substituents is 1. The molecular formula is C9H6ClNO4. The Balaban J connectivity index is 3.17. The van der Waals surface area contributed by atoms with Gasteiger partial charge in [0.05, 0.1) is 10.5 Å². The third-order valence-electron chi connectivity index (χ3n) is 1.59. The van der Waals surface area contributed by atoms with Crippen LogP contribution in [0.3, 0.4) is 0 Å². The zero-order valence-corrected chi connectivity index (χ0v) is 8.14. The van der Waals surface area contributed by atoms with Crippen molar-refractivity contribution in [3.05, 3.63) is 45.0 Å². The van der Waals surface area contributed by atoms with E-state index in [1.54, 1.807) is 0 Å². The van der Waals surface area contributed by atoms with E-state index >= 15 is 0 Å². The van der Waals surface area contributed by atoms with Crippen molar-refractivity contribution >= 4 is 29.3 Å². The Bertz CT molecular complexity index is 442. The van der Waals surface area contributed by atoms with Crippen molar-refractivity contribution in [2.45, 2.75) is 0 Å². The van der Waals surface area contributed by atoms with Crippen molar-refractivity contribution in [1.29, 1.82) is 0 Å². The second-order valence-electron chi connectivity index (χ2n) is 2.63. The van der Waals surface area contributed by atoms with Gasteiger partial charge in [-0.05, 0) is 18.2 Å². The van der Waals surface area contributed by atoms with Crippen molar-refractivity contribution in [3.8, 4) is 0 Å². The highest BCUT2D eigenvalue weighted by Crippen LogP contribution is 2.24. The van der Waals surface area contributed by atoms with Gasteiger partial charge in [-0.1, -0.05) is 11.6 Å². The maximum Gasteiger partial charge on any atom is 0.328 e. The molecule has 0 bridgehead atoms. The van der Waals surface area contributed by atoms with Crippen LogP contribution in [0.1, 0.15) is 5.56 Å². The Kier molecular flexibility index (Phi) is 3.41. The quantitative estimate of drug-likeness (QED) is 0.488. The van der Waals surface area contributed by atoms with E-state index in [1.165, 1.54) is 18.2 Å². The fourth-order valence-electron chi connectivity index (χ4n) is 0.977. The van der Waals surface area contributed by atoms with Crippen molar-refractivity contribution in [3.63, 3.8) is 0 Å². The van der Waals surface area contributed by atoms with Crippen LogP contribution in [0.25, 0.3) is 6.08 Å². The lowest BCUT2D eigenvalue weighted by Crippen LogP contribution is -1.92. The number of aliphatic carboxylic acids is 1. The summed E-state index contributed by atoms with van der Waals surface area (Å²) in [5, 5.41) is 19.2. The third kappa shape index (κ3) is 3.07. The van der Waals surface area contributed by atoms with Crippen LogP contribution >= 0.6 is 11.6 Å². The molecule has 5 nitrogen and oxygen atoms in total. The number of benzene rings is 1. The molecule has 0 aromatic heterocycles. The fourth-order valence-corrected chi connectivity index (χ4v) is 1.14. The van der Waals surface area contributed by atoms with Gasteiger partial charge in [0.25, 0.3) is 5.69 Å². The molecule has 0 atom stereocenters. The lowest BCUT2D eigenvalue weighted by atomic mass is 10.1. The molecular weight excluding hydrogens is 222 g/mol. The smallest absolute Gasteiger partial charge is 0.328 e. The molecule has 0 aliphatic heterocycles. The number of carboxylic acids is 1. The standard InChI is InChI=1S/C9H6ClNO4/c10-7-3-1-6(2-4-9(12)13)8(5-7)11(14)15/h1-5H,(H,12,13)/b4-2+. The number of hydrogen-bond donors (Lipinski definition) is 1. The van der Waals surface area contributed by atoms with Crippen LogP contribution in [0.2, 0.25) is 5.02 Å². The van der Waals surface area contributed by atoms with E-state index in [1.807, 2.05) is 0 Å². The predicted molar refractivity (Wildman–Crippen MR) is 54.8 cm³/mol. The Hall–Kier alpha value is -1.88. The monoisotopic (exact) mass is 227 g/mol. The number of hydrogen-bond acceptors (Lipinski definition) is 3. The molecule has 0 amide bonds. The highest BCUT2D eigenvalue weighted by atomic mass is 35.5. The summed E-state index contributed by atoms with van der Waals surface area (Å²) >= 11 is 5.58. The number of rotatable bonds is 3. The van der Waals surface area contributed by atoms with Gasteiger partial charge in [-0.2, -0.15) is 0 Å². The average Bonchev–Trinajstić information content (AvgIpc) is 2.15. The lowest BCUT2D eigenvalue weighted by Gasteiger charge is -1.97. The van der Waals surface area contributed by atoms with Gasteiger partial charge in [-0.25, -0.2) is 4.79 Å². The van der Waals surface area contributed by atoms with Crippen LogP contribution in [0.4, 0.5) is 5.69 Å². The van der Waals surface area contributed by atoms with Crippen LogP contribution in [0.5, 0.6) is 0 Å². The summed E-state index contributed by atoms with van der Waals surface area (Å²) in [5.41, 5.74) is -0.0215. The highest BCUT2D eigenvalue weighted by Gasteiger charge is 2.11. The molecule has 1 aromatic rings. The Morgan fingerprint density at radius 3 is 2.73 bits per heavy atom. The third-order valence-corrected chi connectivity index (χ3v) is 1.83. The maximum atomic E-state index is 10.6. The average molecular weight is 228 g/mol. The second-order valence-corrected chi connectivity index (χ2v) is 3.07. The van der Waals surface area contributed by atoms with Gasteiger partial charge in [0.1, 0.15) is 0 Å². The van der Waals surface area contributed by atoms with E-state index in [9.17, 15) is 14.9 Å². The minimum Gasteiger partial charge on any atom is -0.478 e. The number of nitrogens with zero attached hydrogens (tertiary/aromatic N) is 1. The second kappa shape index (κ2) is 4.56. The minimum atomic E-state index is -1.17. The molecule has 6 heteroatoms. The molecule has 0 aliphatic rings. The molecule has 1 N–H and O–H groups in total. The first-order valence-corrected chi connectivity index (χ1v) is 4.23. The summed E-state index contributed by atoms with van der Waals surface area (Å²) in [6.45, 7) is 0. The van der Waals surface area contributed by atoms with E-state index in [0.29, 0.717) is 0 Å². The Morgan fingerprint density at radius 1 is 1.53 bits per heavy atom. The van der Waals surface area contributed by atoms with Crippen LogP contribution in [0.15, 0.2) is 24.3 Å². The molecule has 15 heavy (non-hydrogen) atoms. The first-order chi connectivity index (χ1) is 7.00. The zero-order chi connectivity index (χ0) is 11.4. The molecule has 0 fully saturated rings. The molecule has 0 unspecified atom stereocenters. The summed E-state index contributed by atoms with van der Waals surface area (Å²) in [4.78, 5) is 20.2. The van der Waals surface area contributed by atoms with E-state index in [4.69, 9.17) is 16.7 Å². The fraction of sp³-hybridized carbons (Fsp3) is 0. The number of halogens is 1. The van der Waals surface area contributed by atoms with Crippen molar-refractivity contribution in [1.82, 2.24) is 0 Å². The van der Waals surface area contributed by atoms with Crippen LogP contribution < -0.4 is 0 Å². The molecule has 0 aliphatic carbocycles. The van der Waals surface area contributed by atoms with Gasteiger partial charge < -0.3 is 5.11 Å². The molecule has 0 saturated heterocycles. The summed E-state index contributed by atoms with van der Waals surface area (Å²) in [7, 11) is 0. The van der Waals surface area contributed by atoms with Crippen molar-refractivity contribution in [2.75, 3.05) is 0 Å². The van der Waals surface area contributed by atoms with E-state index in [2.05, 4.69) is 0 Å². The molecule has 0 radical (unpaired) electrons. The van der Waals surface area contributed by atoms with Gasteiger partial charge in [0, 0.05) is 17.2 Å². The van der Waals surface area contributed by atoms with Gasteiger partial charge in [0.15, 0.2) is 0 Å². The van der Waals surface area contributed by atoms with Gasteiger partial charge in [-0.15, -0.1) is 0 Å². The normalized spacial score (nSPS) is 10.5. The van der Waals surface area contributed by atoms with Crippen LogP contribution in [-0.2, 0) is 4.79 Å². The Morgan fingerprint density at radius 2 is 2.20 bits per heavy atom. The maximum absolute atomic E-state index is 10.6. The molecule has 0 spiro atoms. The zero-order valence-electron chi connectivity index (χ0n) is 7.38. The highest BCUT2D eigenvalue weighted by molar-refractivity contribution is 6.30. The molecule has 0 heterocycles. The molecule has 1 aromatic carbocycles. The first kappa shape index (κ1) is 11.2. The van der Waals surface area contributed by atoms with Crippen LogP contribution in [-0.4, -0.2) is 16.0 Å². The Labute approximate surface area is 89.7 Å². The summed E-state index contributed by atoms with van der Waals surface area (Å²) in [6, 6.07) is 4.01. The number of carboxylic acid groups (broad SMARTS) is 1. The predicted octanol–water partition coefficient (Wildman–Crippen LogP) is 2.35. The van der Waals surface area contributed by atoms with E-state index in [0.717, 1.165) is 12.2 Å². The van der Waals surface area contributed by atoms with E-state index in [-0.39, 0.29) is 16.3 Å². The van der Waals surface area contributed by atoms with Crippen molar-refractivity contribution in [2.24, 2.45) is 0 Å². The van der Waals surface area contributed by atoms with Crippen molar-refractivity contribution < 1.29 is 14.8 Å². The lowest BCUT2D eigenvalue weighted by molar-refractivity contribution is -0.385. The summed E-state index contributed by atoms with van der Waals surface area (Å²) < 4.78 is 0. The van der Waals surface area contributed by atoms with E-state index < -0.39 is 10.9 Å². The number of nitro groups is 1. The van der Waals surface area contributed by atoms with Gasteiger partial charge >= 0.3 is 5.97 Å². The summed E-state index contributed by atoms with van der Waals surface area (Å²) in [6.07, 6.45) is 1.98. The topological polar surface area (TPSA) is 80.4 Å². The first-order valence-electron chi connectivity index (χ1n) is 3.85. The number of carbonyl (C=O) groups is 1. The molecule has 78 valence electrons. The molecule has 1 rings (SSSR count). The summed E-state index contributed by atoms with van der Waals surface area (Å²) in [5.74, 6) is -1.17. The minimum absolute atomic E-state index is 0.201. The largest absolute Gasteiger partial charge is 0.478 e. The SMILES string of the molecule is O=C(O)/C=C/c1ccc(Cl)cc1[N+](=O)[O-]. The van der Waals surface area contributed by atoms with Gasteiger partial charge in [-0.3, -0.25) is 10.1 Å². The molecule has 0 saturated carbocycles. The van der Waals surface area contributed by atoms with Gasteiger partial charge in [0.2, 0.25) is 0 Å².